The van der Waals surface area contributed by atoms with E-state index in [0.717, 1.165) is 39.0 Å². The van der Waals surface area contributed by atoms with Crippen LogP contribution >= 0.6 is 0 Å². The van der Waals surface area contributed by atoms with Crippen molar-refractivity contribution in [3.05, 3.63) is 131 Å². The molecule has 2 N–H and O–H groups in total. The standard InChI is InChI=1S/C33H30FNO4/c1-33(2,21-36)31-27(19-22-11-13-24(14-12-22)32(37)38)30-28(35(31)26-17-15-25(34)16-18-26)9-6-10-29(30)39-20-23-7-4-3-5-8-23/h3-18,36H,19-21H2,1-2H3,(H,37,38). The number of carboxylic acid groups (broad SMARTS) is 1. The molecule has 0 saturated heterocycles. The monoisotopic (exact) mass is 523 g/mol. The molecule has 0 atom stereocenters. The lowest BCUT2D eigenvalue weighted by Gasteiger charge is -2.27. The van der Waals surface area contributed by atoms with Gasteiger partial charge in [0.15, 0.2) is 0 Å². The molecule has 5 rings (SSSR count). The summed E-state index contributed by atoms with van der Waals surface area (Å²) in [4.78, 5) is 11.4. The second kappa shape index (κ2) is 10.8. The zero-order valence-electron chi connectivity index (χ0n) is 21.9. The van der Waals surface area contributed by atoms with Crippen molar-refractivity contribution in [1.29, 1.82) is 0 Å². The number of aromatic carboxylic acids is 1. The number of aromatic nitrogens is 1. The zero-order chi connectivity index (χ0) is 27.6. The van der Waals surface area contributed by atoms with E-state index in [-0.39, 0.29) is 18.0 Å². The molecule has 6 heteroatoms. The van der Waals surface area contributed by atoms with Crippen LogP contribution in [0.15, 0.2) is 97.1 Å². The molecule has 0 aliphatic heterocycles. The second-order valence-electron chi connectivity index (χ2n) is 10.3. The average Bonchev–Trinajstić information content (AvgIpc) is 3.28. The van der Waals surface area contributed by atoms with Gasteiger partial charge in [0.05, 0.1) is 17.7 Å². The van der Waals surface area contributed by atoms with Crippen molar-refractivity contribution in [3.8, 4) is 11.4 Å². The summed E-state index contributed by atoms with van der Waals surface area (Å²) in [5, 5.41) is 20.8. The van der Waals surface area contributed by atoms with Crippen molar-refractivity contribution in [2.24, 2.45) is 0 Å². The van der Waals surface area contributed by atoms with Crippen molar-refractivity contribution in [2.75, 3.05) is 6.61 Å². The summed E-state index contributed by atoms with van der Waals surface area (Å²) in [5.41, 5.74) is 4.99. The minimum Gasteiger partial charge on any atom is -0.488 e. The molecule has 0 bridgehead atoms. The summed E-state index contributed by atoms with van der Waals surface area (Å²) in [6.45, 7) is 4.22. The summed E-state index contributed by atoms with van der Waals surface area (Å²) in [6.07, 6.45) is 0.481. The van der Waals surface area contributed by atoms with Crippen LogP contribution in [0.25, 0.3) is 16.6 Å². The Morgan fingerprint density at radius 1 is 0.872 bits per heavy atom. The molecule has 5 nitrogen and oxygen atoms in total. The number of fused-ring (bicyclic) bond motifs is 1. The van der Waals surface area contributed by atoms with E-state index in [1.54, 1.807) is 24.3 Å². The second-order valence-corrected chi connectivity index (χ2v) is 10.3. The minimum atomic E-state index is -0.979. The molecule has 0 aliphatic carbocycles. The Hall–Kier alpha value is -4.42. The molecule has 198 valence electrons. The number of benzene rings is 4. The third kappa shape index (κ3) is 5.29. The van der Waals surface area contributed by atoms with Crippen LogP contribution in [0.4, 0.5) is 4.39 Å². The number of halogens is 1. The Morgan fingerprint density at radius 2 is 1.56 bits per heavy atom. The van der Waals surface area contributed by atoms with Crippen LogP contribution in [0, 0.1) is 5.82 Å². The Labute approximate surface area is 226 Å². The topological polar surface area (TPSA) is 71.7 Å². The third-order valence-electron chi connectivity index (χ3n) is 7.00. The molecule has 1 aromatic heterocycles. The van der Waals surface area contributed by atoms with E-state index in [9.17, 15) is 19.4 Å². The normalized spacial score (nSPS) is 11.6. The van der Waals surface area contributed by atoms with Gasteiger partial charge in [-0.05, 0) is 65.2 Å². The van der Waals surface area contributed by atoms with Gasteiger partial charge in [-0.1, -0.05) is 62.4 Å². The molecule has 0 unspecified atom stereocenters. The highest BCUT2D eigenvalue weighted by atomic mass is 19.1. The Balaban J connectivity index is 1.75. The number of rotatable bonds is 9. The van der Waals surface area contributed by atoms with Crippen LogP contribution in [-0.4, -0.2) is 27.4 Å². The van der Waals surface area contributed by atoms with E-state index in [1.807, 2.05) is 74.5 Å². The zero-order valence-corrected chi connectivity index (χ0v) is 21.9. The molecule has 1 heterocycles. The predicted molar refractivity (Wildman–Crippen MR) is 150 cm³/mol. The van der Waals surface area contributed by atoms with Gasteiger partial charge in [0.25, 0.3) is 0 Å². The van der Waals surface area contributed by atoms with Gasteiger partial charge in [0, 0.05) is 28.6 Å². The van der Waals surface area contributed by atoms with Crippen molar-refractivity contribution in [2.45, 2.75) is 32.3 Å². The third-order valence-corrected chi connectivity index (χ3v) is 7.00. The number of aliphatic hydroxyl groups is 1. The van der Waals surface area contributed by atoms with Crippen LogP contribution in [0.2, 0.25) is 0 Å². The number of hydrogen-bond donors (Lipinski definition) is 2. The predicted octanol–water partition coefficient (Wildman–Crippen LogP) is 6.91. The number of nitrogens with zero attached hydrogens (tertiary/aromatic N) is 1. The molecule has 4 aromatic carbocycles. The van der Waals surface area contributed by atoms with Gasteiger partial charge >= 0.3 is 5.97 Å². The molecule has 0 fully saturated rings. The smallest absolute Gasteiger partial charge is 0.335 e. The fourth-order valence-electron chi connectivity index (χ4n) is 5.02. The van der Waals surface area contributed by atoms with Gasteiger partial charge in [-0.2, -0.15) is 0 Å². The molecule has 0 spiro atoms. The van der Waals surface area contributed by atoms with Crippen molar-refractivity contribution < 1.29 is 24.1 Å². The quantitative estimate of drug-likeness (QED) is 0.220. The van der Waals surface area contributed by atoms with Gasteiger partial charge < -0.3 is 19.5 Å². The van der Waals surface area contributed by atoms with E-state index in [1.165, 1.54) is 12.1 Å². The molecule has 0 amide bonds. The number of carboxylic acids is 1. The Morgan fingerprint density at radius 3 is 2.21 bits per heavy atom. The van der Waals surface area contributed by atoms with Crippen LogP contribution in [0.5, 0.6) is 5.75 Å². The van der Waals surface area contributed by atoms with E-state index in [2.05, 4.69) is 4.57 Å². The number of ether oxygens (including phenoxy) is 1. The van der Waals surface area contributed by atoms with E-state index in [4.69, 9.17) is 4.74 Å². The summed E-state index contributed by atoms with van der Waals surface area (Å²) in [7, 11) is 0. The maximum absolute atomic E-state index is 13.9. The van der Waals surface area contributed by atoms with Gasteiger partial charge in [-0.3, -0.25) is 0 Å². The van der Waals surface area contributed by atoms with Crippen molar-refractivity contribution in [3.63, 3.8) is 0 Å². The van der Waals surface area contributed by atoms with Crippen LogP contribution < -0.4 is 4.74 Å². The van der Waals surface area contributed by atoms with Crippen LogP contribution in [0.3, 0.4) is 0 Å². The lowest BCUT2D eigenvalue weighted by atomic mass is 9.85. The van der Waals surface area contributed by atoms with Gasteiger partial charge in [-0.25, -0.2) is 9.18 Å². The molecular weight excluding hydrogens is 493 g/mol. The largest absolute Gasteiger partial charge is 0.488 e. The van der Waals surface area contributed by atoms with Gasteiger partial charge in [-0.15, -0.1) is 0 Å². The first kappa shape index (κ1) is 26.2. The SMILES string of the molecule is CC(C)(CO)c1c(Cc2ccc(C(=O)O)cc2)c2c(OCc3ccccc3)cccc2n1-c1ccc(F)cc1. The fourth-order valence-corrected chi connectivity index (χ4v) is 5.02. The number of hydrogen-bond acceptors (Lipinski definition) is 3. The Kier molecular flexibility index (Phi) is 7.22. The summed E-state index contributed by atoms with van der Waals surface area (Å²) in [6, 6.07) is 28.9. The fraction of sp³-hybridized carbons (Fsp3) is 0.182. The highest BCUT2D eigenvalue weighted by Crippen LogP contribution is 2.42. The van der Waals surface area contributed by atoms with Crippen molar-refractivity contribution >= 4 is 16.9 Å². The highest BCUT2D eigenvalue weighted by Gasteiger charge is 2.32. The van der Waals surface area contributed by atoms with Crippen LogP contribution in [-0.2, 0) is 18.4 Å². The maximum atomic E-state index is 13.9. The van der Waals surface area contributed by atoms with Crippen LogP contribution in [0.1, 0.15) is 46.6 Å². The molecule has 0 saturated carbocycles. The molecule has 0 aliphatic rings. The lowest BCUT2D eigenvalue weighted by Crippen LogP contribution is -2.27. The maximum Gasteiger partial charge on any atom is 0.335 e. The summed E-state index contributed by atoms with van der Waals surface area (Å²) >= 11 is 0. The minimum absolute atomic E-state index is 0.115. The summed E-state index contributed by atoms with van der Waals surface area (Å²) < 4.78 is 22.4. The average molecular weight is 524 g/mol. The first-order valence-corrected chi connectivity index (χ1v) is 12.8. The number of carbonyl (C=O) groups is 1. The number of aliphatic hydroxyl groups excluding tert-OH is 1. The first-order valence-electron chi connectivity index (χ1n) is 12.8. The molecule has 39 heavy (non-hydrogen) atoms. The van der Waals surface area contributed by atoms with Gasteiger partial charge in [0.2, 0.25) is 0 Å². The summed E-state index contributed by atoms with van der Waals surface area (Å²) in [5.74, 6) is -0.610. The van der Waals surface area contributed by atoms with E-state index >= 15 is 0 Å². The van der Waals surface area contributed by atoms with Crippen molar-refractivity contribution in [1.82, 2.24) is 4.57 Å². The highest BCUT2D eigenvalue weighted by molar-refractivity contribution is 5.93. The van der Waals surface area contributed by atoms with Gasteiger partial charge in [0.1, 0.15) is 18.2 Å². The Bertz CT molecular complexity index is 1600. The molecule has 5 aromatic rings. The first-order chi connectivity index (χ1) is 18.8. The molecular formula is C33H30FNO4. The van der Waals surface area contributed by atoms with E-state index < -0.39 is 11.4 Å². The lowest BCUT2D eigenvalue weighted by molar-refractivity contribution is 0.0697. The molecule has 0 radical (unpaired) electrons. The van der Waals surface area contributed by atoms with E-state index in [0.29, 0.717) is 18.8 Å².